The van der Waals surface area contributed by atoms with Crippen molar-refractivity contribution in [1.82, 2.24) is 9.88 Å². The van der Waals surface area contributed by atoms with Crippen LogP contribution in [-0.2, 0) is 11.8 Å². The van der Waals surface area contributed by atoms with Gasteiger partial charge in [-0.3, -0.25) is 10.1 Å². The molecule has 20 heavy (non-hydrogen) atoms. The lowest BCUT2D eigenvalue weighted by Crippen LogP contribution is -2.35. The SMILES string of the molecule is Cn1cc(/C=C(/C#N)C(=O)NC(N)=O)c2ccccc21. The molecule has 0 unspecified atom stereocenters. The third-order valence-electron chi connectivity index (χ3n) is 2.83. The molecule has 2 aromatic rings. The number of urea groups is 1. The van der Waals surface area contributed by atoms with Gasteiger partial charge in [0.2, 0.25) is 0 Å². The van der Waals surface area contributed by atoms with E-state index in [0.717, 1.165) is 16.5 Å². The summed E-state index contributed by atoms with van der Waals surface area (Å²) >= 11 is 0. The van der Waals surface area contributed by atoms with Crippen molar-refractivity contribution >= 4 is 28.9 Å². The lowest BCUT2D eigenvalue weighted by atomic mass is 10.1. The number of hydrogen-bond acceptors (Lipinski definition) is 3. The molecule has 0 saturated carbocycles. The van der Waals surface area contributed by atoms with Crippen LogP contribution in [0.1, 0.15) is 5.56 Å². The zero-order valence-electron chi connectivity index (χ0n) is 10.8. The molecular weight excluding hydrogens is 256 g/mol. The summed E-state index contributed by atoms with van der Waals surface area (Å²) in [6, 6.07) is 8.37. The topological polar surface area (TPSA) is 101 Å². The number of imide groups is 1. The number of primary amides is 1. The van der Waals surface area contributed by atoms with Crippen LogP contribution >= 0.6 is 0 Å². The number of aromatic nitrogens is 1. The van der Waals surface area contributed by atoms with E-state index in [1.165, 1.54) is 6.08 Å². The normalized spacial score (nSPS) is 11.1. The highest BCUT2D eigenvalue weighted by Crippen LogP contribution is 2.22. The molecule has 0 atom stereocenters. The zero-order valence-corrected chi connectivity index (χ0v) is 10.8. The molecule has 1 aromatic heterocycles. The van der Waals surface area contributed by atoms with Crippen molar-refractivity contribution in [3.05, 3.63) is 41.6 Å². The van der Waals surface area contributed by atoms with Crippen LogP contribution in [0.5, 0.6) is 0 Å². The fourth-order valence-corrected chi connectivity index (χ4v) is 1.97. The Morgan fingerprint density at radius 2 is 2.10 bits per heavy atom. The van der Waals surface area contributed by atoms with Crippen LogP contribution in [0.25, 0.3) is 17.0 Å². The summed E-state index contributed by atoms with van der Waals surface area (Å²) in [5, 5.41) is 11.8. The predicted molar refractivity (Wildman–Crippen MR) is 74.2 cm³/mol. The molecule has 6 nitrogen and oxygen atoms in total. The minimum atomic E-state index is -0.992. The minimum absolute atomic E-state index is 0.180. The number of amides is 3. The average Bonchev–Trinajstić information content (AvgIpc) is 2.72. The van der Waals surface area contributed by atoms with Crippen molar-refractivity contribution in [2.75, 3.05) is 0 Å². The standard InChI is InChI=1S/C14H12N4O2/c1-18-8-10(11-4-2-3-5-12(11)18)6-9(7-15)13(19)17-14(16)20/h2-6,8H,1H3,(H3,16,17,19,20)/b9-6-. The van der Waals surface area contributed by atoms with Crippen LogP contribution in [0.3, 0.4) is 0 Å². The number of aryl methyl sites for hydroxylation is 1. The largest absolute Gasteiger partial charge is 0.351 e. The summed E-state index contributed by atoms with van der Waals surface area (Å²) in [5.74, 6) is -0.812. The zero-order chi connectivity index (χ0) is 14.7. The Kier molecular flexibility index (Phi) is 3.53. The maximum Gasteiger partial charge on any atom is 0.319 e. The number of benzene rings is 1. The first-order valence-corrected chi connectivity index (χ1v) is 5.79. The number of para-hydroxylation sites is 1. The molecule has 0 radical (unpaired) electrons. The molecule has 0 aliphatic carbocycles. The second-order valence-electron chi connectivity index (χ2n) is 4.20. The molecule has 6 heteroatoms. The second-order valence-corrected chi connectivity index (χ2v) is 4.20. The number of rotatable bonds is 2. The van der Waals surface area contributed by atoms with Crippen LogP contribution < -0.4 is 11.1 Å². The van der Waals surface area contributed by atoms with E-state index in [-0.39, 0.29) is 5.57 Å². The number of hydrogen-bond donors (Lipinski definition) is 2. The van der Waals surface area contributed by atoms with E-state index in [1.807, 2.05) is 41.2 Å². The lowest BCUT2D eigenvalue weighted by molar-refractivity contribution is -0.115. The highest BCUT2D eigenvalue weighted by atomic mass is 16.2. The van der Waals surface area contributed by atoms with Gasteiger partial charge in [-0.15, -0.1) is 0 Å². The van der Waals surface area contributed by atoms with E-state index >= 15 is 0 Å². The monoisotopic (exact) mass is 268 g/mol. The van der Waals surface area contributed by atoms with Gasteiger partial charge in [-0.2, -0.15) is 5.26 Å². The second kappa shape index (κ2) is 5.28. The van der Waals surface area contributed by atoms with Crippen LogP contribution in [-0.4, -0.2) is 16.5 Å². The molecule has 100 valence electrons. The van der Waals surface area contributed by atoms with Gasteiger partial charge in [-0.1, -0.05) is 18.2 Å². The summed E-state index contributed by atoms with van der Waals surface area (Å²) in [6.07, 6.45) is 3.24. The van der Waals surface area contributed by atoms with Crippen molar-refractivity contribution < 1.29 is 9.59 Å². The van der Waals surface area contributed by atoms with Crippen molar-refractivity contribution in [1.29, 1.82) is 5.26 Å². The average molecular weight is 268 g/mol. The van der Waals surface area contributed by atoms with Gasteiger partial charge in [0.1, 0.15) is 11.6 Å². The van der Waals surface area contributed by atoms with Crippen LogP contribution in [0.15, 0.2) is 36.0 Å². The Bertz CT molecular complexity index is 765. The summed E-state index contributed by atoms with van der Waals surface area (Å²) < 4.78 is 1.89. The van der Waals surface area contributed by atoms with E-state index in [4.69, 9.17) is 11.0 Å². The van der Waals surface area contributed by atoms with Gasteiger partial charge in [0.15, 0.2) is 0 Å². The van der Waals surface area contributed by atoms with E-state index in [2.05, 4.69) is 0 Å². The first kappa shape index (κ1) is 13.4. The maximum absolute atomic E-state index is 11.6. The minimum Gasteiger partial charge on any atom is -0.351 e. The fourth-order valence-electron chi connectivity index (χ4n) is 1.97. The van der Waals surface area contributed by atoms with Gasteiger partial charge >= 0.3 is 6.03 Å². The molecule has 1 aromatic carbocycles. The summed E-state index contributed by atoms with van der Waals surface area (Å²) in [5.41, 5.74) is 6.38. The first-order valence-electron chi connectivity index (χ1n) is 5.79. The number of nitrogens with two attached hydrogens (primary N) is 1. The number of carbonyl (C=O) groups excluding carboxylic acids is 2. The number of nitrogens with one attached hydrogen (secondary N) is 1. The van der Waals surface area contributed by atoms with Crippen molar-refractivity contribution in [3.8, 4) is 6.07 Å². The third-order valence-corrected chi connectivity index (χ3v) is 2.83. The molecule has 3 amide bonds. The van der Waals surface area contributed by atoms with E-state index < -0.39 is 11.9 Å². The molecule has 0 aliphatic rings. The van der Waals surface area contributed by atoms with Crippen LogP contribution in [0, 0.1) is 11.3 Å². The molecule has 0 bridgehead atoms. The molecule has 0 aliphatic heterocycles. The lowest BCUT2D eigenvalue weighted by Gasteiger charge is -1.98. The van der Waals surface area contributed by atoms with Gasteiger partial charge in [-0.05, 0) is 12.1 Å². The Labute approximate surface area is 115 Å². The highest BCUT2D eigenvalue weighted by Gasteiger charge is 2.12. The summed E-state index contributed by atoms with van der Waals surface area (Å²) in [6.45, 7) is 0. The Morgan fingerprint density at radius 1 is 1.40 bits per heavy atom. The third kappa shape index (κ3) is 2.52. The smallest absolute Gasteiger partial charge is 0.319 e. The molecule has 3 N–H and O–H groups in total. The van der Waals surface area contributed by atoms with E-state index in [0.29, 0.717) is 0 Å². The van der Waals surface area contributed by atoms with Crippen molar-refractivity contribution in [2.24, 2.45) is 12.8 Å². The molecule has 0 saturated heterocycles. The van der Waals surface area contributed by atoms with E-state index in [1.54, 1.807) is 12.3 Å². The first-order chi connectivity index (χ1) is 9.52. The number of fused-ring (bicyclic) bond motifs is 1. The molecular formula is C14H12N4O2. The van der Waals surface area contributed by atoms with Crippen molar-refractivity contribution in [2.45, 2.75) is 0 Å². The Hall–Kier alpha value is -3.07. The van der Waals surface area contributed by atoms with Gasteiger partial charge in [0.05, 0.1) is 0 Å². The summed E-state index contributed by atoms with van der Waals surface area (Å²) in [7, 11) is 1.87. The van der Waals surface area contributed by atoms with Gasteiger partial charge in [0, 0.05) is 29.7 Å². The quantitative estimate of drug-likeness (QED) is 0.633. The molecule has 1 heterocycles. The summed E-state index contributed by atoms with van der Waals surface area (Å²) in [4.78, 5) is 22.3. The Balaban J connectivity index is 2.48. The van der Waals surface area contributed by atoms with Gasteiger partial charge < -0.3 is 10.3 Å². The molecule has 0 fully saturated rings. The highest BCUT2D eigenvalue weighted by molar-refractivity contribution is 6.09. The van der Waals surface area contributed by atoms with Crippen LogP contribution in [0.2, 0.25) is 0 Å². The van der Waals surface area contributed by atoms with E-state index in [9.17, 15) is 9.59 Å². The van der Waals surface area contributed by atoms with Crippen molar-refractivity contribution in [3.63, 3.8) is 0 Å². The van der Waals surface area contributed by atoms with Gasteiger partial charge in [-0.25, -0.2) is 4.79 Å². The number of carbonyl (C=O) groups is 2. The number of nitriles is 1. The fraction of sp³-hybridized carbons (Fsp3) is 0.0714. The maximum atomic E-state index is 11.6. The number of nitrogens with zero attached hydrogens (tertiary/aromatic N) is 2. The van der Waals surface area contributed by atoms with Crippen LogP contribution in [0.4, 0.5) is 4.79 Å². The molecule has 2 rings (SSSR count). The predicted octanol–water partition coefficient (Wildman–Crippen LogP) is 1.28. The Morgan fingerprint density at radius 3 is 2.75 bits per heavy atom. The molecule has 0 spiro atoms. The van der Waals surface area contributed by atoms with Gasteiger partial charge in [0.25, 0.3) is 5.91 Å².